The van der Waals surface area contributed by atoms with Gasteiger partial charge in [0.05, 0.1) is 12.6 Å². The van der Waals surface area contributed by atoms with Gasteiger partial charge in [0.1, 0.15) is 10.7 Å². The van der Waals surface area contributed by atoms with E-state index in [0.29, 0.717) is 29.9 Å². The molecule has 1 amide bonds. The molecule has 1 saturated heterocycles. The minimum absolute atomic E-state index is 0.0635. The third-order valence-electron chi connectivity index (χ3n) is 6.58. The number of carbonyl (C=O) groups is 1. The molecule has 0 aliphatic carbocycles. The maximum Gasteiger partial charge on any atom is 0.264 e. The number of nitrogens with one attached hydrogen (secondary N) is 2. The molecule has 0 saturated carbocycles. The molecule has 3 heterocycles. The predicted octanol–water partition coefficient (Wildman–Crippen LogP) is 2.81. The standard InChI is InChI=1S/C27H29N5O4S/c1-36-24-11-13-28-18-22(24)19-31-14-16-32(17-15-31)27(33)21-7-9-23(10-8-21)30-37(34,35)25-6-2-4-20-5-3-12-29-26(20)25/h2-13,28,30H,14-19H2,1H3. The number of piperazine rings is 1. The van der Waals surface area contributed by atoms with Gasteiger partial charge in [0, 0.05) is 73.9 Å². The molecule has 1 fully saturated rings. The fourth-order valence-corrected chi connectivity index (χ4v) is 5.85. The van der Waals surface area contributed by atoms with Gasteiger partial charge >= 0.3 is 0 Å². The smallest absolute Gasteiger partial charge is 0.264 e. The highest BCUT2D eigenvalue weighted by Crippen LogP contribution is 2.24. The van der Waals surface area contributed by atoms with Crippen LogP contribution in [-0.2, 0) is 14.8 Å². The van der Waals surface area contributed by atoms with Crippen molar-refractivity contribution in [3.8, 4) is 0 Å². The van der Waals surface area contributed by atoms with Crippen molar-refractivity contribution in [1.82, 2.24) is 20.1 Å². The number of sulfonamides is 1. The van der Waals surface area contributed by atoms with Crippen molar-refractivity contribution in [1.29, 1.82) is 0 Å². The van der Waals surface area contributed by atoms with E-state index in [0.717, 1.165) is 37.3 Å². The average molecular weight is 520 g/mol. The van der Waals surface area contributed by atoms with E-state index in [1.807, 2.05) is 29.3 Å². The average Bonchev–Trinajstić information content (AvgIpc) is 2.93. The Morgan fingerprint density at radius 1 is 1.05 bits per heavy atom. The highest BCUT2D eigenvalue weighted by Gasteiger charge is 2.24. The number of rotatable bonds is 7. The van der Waals surface area contributed by atoms with Crippen molar-refractivity contribution in [2.75, 3.05) is 51.1 Å². The topological polar surface area (TPSA) is 104 Å². The third kappa shape index (κ3) is 5.45. The molecule has 2 aliphatic rings. The monoisotopic (exact) mass is 519 g/mol. The van der Waals surface area contributed by atoms with Crippen LogP contribution in [0.25, 0.3) is 10.9 Å². The molecule has 9 nitrogen and oxygen atoms in total. The van der Waals surface area contributed by atoms with Crippen molar-refractivity contribution in [2.45, 2.75) is 4.90 Å². The van der Waals surface area contributed by atoms with Gasteiger partial charge in [-0.2, -0.15) is 0 Å². The van der Waals surface area contributed by atoms with E-state index >= 15 is 0 Å². The zero-order valence-corrected chi connectivity index (χ0v) is 21.4. The van der Waals surface area contributed by atoms with E-state index in [9.17, 15) is 13.2 Å². The van der Waals surface area contributed by atoms with E-state index in [1.54, 1.807) is 49.7 Å². The fourth-order valence-electron chi connectivity index (χ4n) is 4.61. The summed E-state index contributed by atoms with van der Waals surface area (Å²) in [5.74, 6) is 0.830. The molecule has 1 aromatic heterocycles. The Morgan fingerprint density at radius 2 is 1.81 bits per heavy atom. The van der Waals surface area contributed by atoms with E-state index in [2.05, 4.69) is 19.9 Å². The van der Waals surface area contributed by atoms with Crippen molar-refractivity contribution < 1.29 is 17.9 Å². The summed E-state index contributed by atoms with van der Waals surface area (Å²) in [4.78, 5) is 21.6. The first-order valence-electron chi connectivity index (χ1n) is 12.1. The lowest BCUT2D eigenvalue weighted by molar-refractivity contribution is 0.0645. The van der Waals surface area contributed by atoms with Gasteiger partial charge in [-0.1, -0.05) is 18.2 Å². The van der Waals surface area contributed by atoms with Gasteiger partial charge in [-0.05, 0) is 42.5 Å². The minimum atomic E-state index is -3.85. The van der Waals surface area contributed by atoms with Crippen molar-refractivity contribution >= 4 is 32.5 Å². The Morgan fingerprint density at radius 3 is 2.57 bits per heavy atom. The first-order chi connectivity index (χ1) is 17.9. The maximum atomic E-state index is 13.1. The van der Waals surface area contributed by atoms with Gasteiger partial charge in [-0.15, -0.1) is 0 Å². The number of aromatic nitrogens is 1. The van der Waals surface area contributed by atoms with Crippen LogP contribution in [0.5, 0.6) is 0 Å². The van der Waals surface area contributed by atoms with Crippen LogP contribution < -0.4 is 10.0 Å². The Hall–Kier alpha value is -3.89. The second kappa shape index (κ2) is 10.6. The summed E-state index contributed by atoms with van der Waals surface area (Å²) in [6.45, 7) is 4.34. The number of benzene rings is 2. The third-order valence-corrected chi connectivity index (χ3v) is 7.99. The van der Waals surface area contributed by atoms with Crippen LogP contribution in [0.1, 0.15) is 10.4 Å². The first kappa shape index (κ1) is 24.8. The van der Waals surface area contributed by atoms with Gasteiger partial charge in [0.15, 0.2) is 0 Å². The minimum Gasteiger partial charge on any atom is -0.497 e. The summed E-state index contributed by atoms with van der Waals surface area (Å²) in [5, 5.41) is 3.96. The number of hydrogen-bond acceptors (Lipinski definition) is 7. The summed E-state index contributed by atoms with van der Waals surface area (Å²) in [6.07, 6.45) is 5.39. The molecule has 10 heteroatoms. The number of methoxy groups -OCH3 is 1. The number of fused-ring (bicyclic) bond motifs is 1. The molecule has 5 rings (SSSR count). The molecule has 2 aromatic carbocycles. The highest BCUT2D eigenvalue weighted by molar-refractivity contribution is 7.93. The number of anilines is 1. The molecule has 37 heavy (non-hydrogen) atoms. The van der Waals surface area contributed by atoms with Crippen LogP contribution in [0.2, 0.25) is 0 Å². The van der Waals surface area contributed by atoms with Crippen LogP contribution in [0, 0.1) is 0 Å². The normalized spacial score (nSPS) is 16.5. The Kier molecular flexibility index (Phi) is 7.11. The first-order valence-corrected chi connectivity index (χ1v) is 13.6. The maximum absolute atomic E-state index is 13.1. The van der Waals surface area contributed by atoms with Crippen LogP contribution in [0.15, 0.2) is 89.3 Å². The van der Waals surface area contributed by atoms with Crippen LogP contribution in [0.3, 0.4) is 0 Å². The van der Waals surface area contributed by atoms with Gasteiger partial charge in [-0.3, -0.25) is 19.4 Å². The number of ether oxygens (including phenoxy) is 1. The van der Waals surface area contributed by atoms with E-state index in [-0.39, 0.29) is 10.8 Å². The lowest BCUT2D eigenvalue weighted by atomic mass is 10.1. The van der Waals surface area contributed by atoms with Crippen molar-refractivity contribution in [2.24, 2.45) is 0 Å². The SMILES string of the molecule is COC1=C(CN2CCN(C(=O)c3ccc(NS(=O)(=O)c4cccc5cccnc45)cc3)CC2)CNC=C1. The van der Waals surface area contributed by atoms with Crippen molar-refractivity contribution in [3.05, 3.63) is 90.0 Å². The Bertz CT molecular complexity index is 1450. The second-order valence-electron chi connectivity index (χ2n) is 8.97. The van der Waals surface area contributed by atoms with Gasteiger partial charge < -0.3 is 15.0 Å². The molecule has 0 atom stereocenters. The number of allylic oxidation sites excluding steroid dienone is 1. The molecule has 3 aromatic rings. The Balaban J connectivity index is 1.21. The molecule has 0 unspecified atom stereocenters. The summed E-state index contributed by atoms with van der Waals surface area (Å²) in [5.41, 5.74) is 2.51. The lowest BCUT2D eigenvalue weighted by Crippen LogP contribution is -2.49. The molecule has 0 radical (unpaired) electrons. The zero-order chi connectivity index (χ0) is 25.8. The molecule has 192 valence electrons. The molecular weight excluding hydrogens is 490 g/mol. The lowest BCUT2D eigenvalue weighted by Gasteiger charge is -2.35. The molecule has 2 N–H and O–H groups in total. The zero-order valence-electron chi connectivity index (χ0n) is 20.6. The fraction of sp³-hybridized carbons (Fsp3) is 0.259. The van der Waals surface area contributed by atoms with E-state index in [1.165, 1.54) is 11.6 Å². The highest BCUT2D eigenvalue weighted by atomic mass is 32.2. The number of pyridine rings is 1. The van der Waals surface area contributed by atoms with Crippen LogP contribution in [0.4, 0.5) is 5.69 Å². The number of dihydropyridines is 1. The number of para-hydroxylation sites is 1. The summed E-state index contributed by atoms with van der Waals surface area (Å²) in [7, 11) is -2.17. The van der Waals surface area contributed by atoms with Gasteiger partial charge in [0.2, 0.25) is 0 Å². The largest absolute Gasteiger partial charge is 0.497 e. The molecule has 0 spiro atoms. The van der Waals surface area contributed by atoms with E-state index in [4.69, 9.17) is 4.74 Å². The molecular formula is C27H29N5O4S. The van der Waals surface area contributed by atoms with Gasteiger partial charge in [-0.25, -0.2) is 8.42 Å². The molecule has 2 aliphatic heterocycles. The number of hydrogen-bond donors (Lipinski definition) is 2. The van der Waals surface area contributed by atoms with Crippen molar-refractivity contribution in [3.63, 3.8) is 0 Å². The predicted molar refractivity (Wildman–Crippen MR) is 143 cm³/mol. The summed E-state index contributed by atoms with van der Waals surface area (Å²) >= 11 is 0. The summed E-state index contributed by atoms with van der Waals surface area (Å²) < 4.78 is 34.2. The van der Waals surface area contributed by atoms with Crippen LogP contribution >= 0.6 is 0 Å². The second-order valence-corrected chi connectivity index (χ2v) is 10.6. The Labute approximate surface area is 216 Å². The molecule has 0 bridgehead atoms. The number of nitrogens with zero attached hydrogens (tertiary/aromatic N) is 3. The number of amides is 1. The number of carbonyl (C=O) groups excluding carboxylic acids is 1. The van der Waals surface area contributed by atoms with E-state index < -0.39 is 10.0 Å². The van der Waals surface area contributed by atoms with Gasteiger partial charge in [0.25, 0.3) is 15.9 Å². The summed E-state index contributed by atoms with van der Waals surface area (Å²) in [6, 6.07) is 15.2. The quantitative estimate of drug-likeness (QED) is 0.495. The van der Waals surface area contributed by atoms with Crippen LogP contribution in [-0.4, -0.2) is 75.5 Å².